The molecule has 0 fully saturated rings. The van der Waals surface area contributed by atoms with Gasteiger partial charge in [-0.05, 0) is 25.0 Å². The molecule has 1 aromatic carbocycles. The Hall–Kier alpha value is -1.53. The van der Waals surface area contributed by atoms with E-state index in [0.717, 1.165) is 11.3 Å². The summed E-state index contributed by atoms with van der Waals surface area (Å²) in [5, 5.41) is 2.83. The van der Waals surface area contributed by atoms with Crippen molar-refractivity contribution in [3.8, 4) is 0 Å². The zero-order chi connectivity index (χ0) is 17.9. The number of hydrogen-bond acceptors (Lipinski definition) is 4. The molecule has 0 bridgehead atoms. The van der Waals surface area contributed by atoms with E-state index in [1.807, 2.05) is 31.2 Å². The average Bonchev–Trinajstić information content (AvgIpc) is 2.53. The summed E-state index contributed by atoms with van der Waals surface area (Å²) >= 11 is 1.34. The summed E-state index contributed by atoms with van der Waals surface area (Å²) in [5.74, 6) is 0.926. The van der Waals surface area contributed by atoms with Crippen LogP contribution in [0.5, 0.6) is 0 Å². The Morgan fingerprint density at radius 2 is 1.88 bits per heavy atom. The molecule has 24 heavy (non-hydrogen) atoms. The fourth-order valence-corrected chi connectivity index (χ4v) is 2.83. The number of methoxy groups -OCH3 is 1. The first-order valence-corrected chi connectivity index (χ1v) is 9.28. The summed E-state index contributed by atoms with van der Waals surface area (Å²) < 4.78 is 5.06. The second-order valence-corrected chi connectivity index (χ2v) is 7.12. The molecule has 5 nitrogen and oxygen atoms in total. The minimum atomic E-state index is -0.0936. The Labute approximate surface area is 149 Å². The van der Waals surface area contributed by atoms with E-state index in [1.54, 1.807) is 12.0 Å². The number of nitrogens with zero attached hydrogens (tertiary/aromatic N) is 1. The summed E-state index contributed by atoms with van der Waals surface area (Å²) in [5.41, 5.74) is 1.92. The first-order valence-electron chi connectivity index (χ1n) is 8.13. The lowest BCUT2D eigenvalue weighted by molar-refractivity contribution is -0.129. The molecule has 1 aromatic rings. The van der Waals surface area contributed by atoms with Gasteiger partial charge in [0.1, 0.15) is 0 Å². The number of nitrogens with one attached hydrogen (secondary N) is 1. The van der Waals surface area contributed by atoms with Crippen molar-refractivity contribution < 1.29 is 14.3 Å². The Balaban J connectivity index is 2.36. The van der Waals surface area contributed by atoms with E-state index in [9.17, 15) is 9.59 Å². The summed E-state index contributed by atoms with van der Waals surface area (Å²) in [4.78, 5) is 26.0. The normalized spacial score (nSPS) is 10.7. The van der Waals surface area contributed by atoms with Gasteiger partial charge >= 0.3 is 0 Å². The number of anilines is 1. The maximum atomic E-state index is 12.3. The van der Waals surface area contributed by atoms with Crippen LogP contribution < -0.4 is 5.32 Å². The maximum Gasteiger partial charge on any atom is 0.234 e. The number of amides is 2. The molecule has 0 heterocycles. The highest BCUT2D eigenvalue weighted by Gasteiger charge is 2.15. The van der Waals surface area contributed by atoms with E-state index < -0.39 is 0 Å². The van der Waals surface area contributed by atoms with E-state index in [1.165, 1.54) is 11.8 Å². The number of carbonyl (C=O) groups is 2. The summed E-state index contributed by atoms with van der Waals surface area (Å²) in [7, 11) is 1.63. The lowest BCUT2D eigenvalue weighted by Gasteiger charge is -2.24. The minimum Gasteiger partial charge on any atom is -0.383 e. The van der Waals surface area contributed by atoms with Gasteiger partial charge in [-0.3, -0.25) is 9.59 Å². The number of rotatable bonds is 10. The van der Waals surface area contributed by atoms with E-state index in [4.69, 9.17) is 4.74 Å². The number of carbonyl (C=O) groups excluding carboxylic acids is 2. The van der Waals surface area contributed by atoms with Crippen molar-refractivity contribution in [2.24, 2.45) is 5.92 Å². The highest BCUT2D eigenvalue weighted by molar-refractivity contribution is 8.00. The molecule has 0 aliphatic heterocycles. The van der Waals surface area contributed by atoms with Crippen LogP contribution in [0.25, 0.3) is 0 Å². The predicted octanol–water partition coefficient (Wildman–Crippen LogP) is 2.80. The molecule has 0 aromatic heterocycles. The van der Waals surface area contributed by atoms with Crippen LogP contribution in [0.4, 0.5) is 5.69 Å². The Morgan fingerprint density at radius 3 is 2.46 bits per heavy atom. The van der Waals surface area contributed by atoms with Crippen LogP contribution >= 0.6 is 11.8 Å². The third-order valence-electron chi connectivity index (χ3n) is 3.30. The third-order valence-corrected chi connectivity index (χ3v) is 4.21. The van der Waals surface area contributed by atoms with Crippen molar-refractivity contribution in [1.29, 1.82) is 0 Å². The number of aryl methyl sites for hydroxylation is 1. The van der Waals surface area contributed by atoms with Crippen molar-refractivity contribution in [3.63, 3.8) is 0 Å². The SMILES string of the molecule is COCCN(CC(C)C)C(=O)CSCC(=O)Nc1ccc(C)cc1. The van der Waals surface area contributed by atoms with Crippen LogP contribution in [0, 0.1) is 12.8 Å². The van der Waals surface area contributed by atoms with Crippen LogP contribution in [0.3, 0.4) is 0 Å². The Kier molecular flexibility index (Phi) is 9.49. The second kappa shape index (κ2) is 11.1. The summed E-state index contributed by atoms with van der Waals surface area (Å²) in [6.07, 6.45) is 0. The molecule has 0 aliphatic rings. The molecule has 0 saturated carbocycles. The number of benzene rings is 1. The van der Waals surface area contributed by atoms with E-state index in [0.29, 0.717) is 31.4 Å². The molecule has 1 rings (SSSR count). The molecular weight excluding hydrogens is 324 g/mol. The molecule has 0 unspecified atom stereocenters. The molecule has 6 heteroatoms. The van der Waals surface area contributed by atoms with Crippen molar-refractivity contribution in [3.05, 3.63) is 29.8 Å². The van der Waals surface area contributed by atoms with Crippen LogP contribution in [0.15, 0.2) is 24.3 Å². The van der Waals surface area contributed by atoms with Crippen LogP contribution in [0.2, 0.25) is 0 Å². The van der Waals surface area contributed by atoms with Gasteiger partial charge in [0.15, 0.2) is 0 Å². The topological polar surface area (TPSA) is 58.6 Å². The molecule has 0 spiro atoms. The van der Waals surface area contributed by atoms with E-state index >= 15 is 0 Å². The van der Waals surface area contributed by atoms with Crippen molar-refractivity contribution in [2.75, 3.05) is 43.6 Å². The summed E-state index contributed by atoms with van der Waals surface area (Å²) in [6.45, 7) is 7.98. The molecule has 0 atom stereocenters. The van der Waals surface area contributed by atoms with Crippen LogP contribution in [-0.2, 0) is 14.3 Å². The number of ether oxygens (including phenoxy) is 1. The van der Waals surface area contributed by atoms with E-state index in [-0.39, 0.29) is 17.6 Å². The maximum absolute atomic E-state index is 12.3. The largest absolute Gasteiger partial charge is 0.383 e. The smallest absolute Gasteiger partial charge is 0.234 e. The molecule has 0 radical (unpaired) electrons. The van der Waals surface area contributed by atoms with Crippen LogP contribution in [0.1, 0.15) is 19.4 Å². The molecule has 134 valence electrons. The zero-order valence-electron chi connectivity index (χ0n) is 15.0. The standard InChI is InChI=1S/C18H28N2O3S/c1-14(2)11-20(9-10-23-4)18(22)13-24-12-17(21)19-16-7-5-15(3)6-8-16/h5-8,14H,9-13H2,1-4H3,(H,19,21). The lowest BCUT2D eigenvalue weighted by atomic mass is 10.2. The van der Waals surface area contributed by atoms with Gasteiger partial charge in [-0.25, -0.2) is 0 Å². The second-order valence-electron chi connectivity index (χ2n) is 6.13. The van der Waals surface area contributed by atoms with Crippen molar-refractivity contribution in [2.45, 2.75) is 20.8 Å². The van der Waals surface area contributed by atoms with Gasteiger partial charge in [-0.1, -0.05) is 31.5 Å². The fourth-order valence-electron chi connectivity index (χ4n) is 2.12. The van der Waals surface area contributed by atoms with Crippen LogP contribution in [-0.4, -0.2) is 55.0 Å². The Bertz CT molecular complexity index is 518. The number of hydrogen-bond donors (Lipinski definition) is 1. The van der Waals surface area contributed by atoms with Gasteiger partial charge in [-0.15, -0.1) is 11.8 Å². The molecule has 0 saturated heterocycles. The first-order chi connectivity index (χ1) is 11.4. The lowest BCUT2D eigenvalue weighted by Crippen LogP contribution is -2.38. The fraction of sp³-hybridized carbons (Fsp3) is 0.556. The molecule has 0 aliphatic carbocycles. The van der Waals surface area contributed by atoms with Gasteiger partial charge in [0.2, 0.25) is 11.8 Å². The monoisotopic (exact) mass is 352 g/mol. The average molecular weight is 352 g/mol. The third kappa shape index (κ3) is 8.36. The first kappa shape index (κ1) is 20.5. The highest BCUT2D eigenvalue weighted by Crippen LogP contribution is 2.10. The predicted molar refractivity (Wildman–Crippen MR) is 100 cm³/mol. The van der Waals surface area contributed by atoms with Gasteiger partial charge in [0.25, 0.3) is 0 Å². The molecule has 1 N–H and O–H groups in total. The highest BCUT2D eigenvalue weighted by atomic mass is 32.2. The summed E-state index contributed by atoms with van der Waals surface area (Å²) in [6, 6.07) is 7.65. The van der Waals surface area contributed by atoms with Crippen molar-refractivity contribution in [1.82, 2.24) is 4.90 Å². The van der Waals surface area contributed by atoms with Crippen molar-refractivity contribution >= 4 is 29.3 Å². The van der Waals surface area contributed by atoms with Gasteiger partial charge in [0.05, 0.1) is 18.1 Å². The Morgan fingerprint density at radius 1 is 1.21 bits per heavy atom. The zero-order valence-corrected chi connectivity index (χ0v) is 15.8. The quantitative estimate of drug-likeness (QED) is 0.703. The van der Waals surface area contributed by atoms with Gasteiger partial charge in [0, 0.05) is 25.9 Å². The van der Waals surface area contributed by atoms with Gasteiger partial charge < -0.3 is 15.0 Å². The molecular formula is C18H28N2O3S. The van der Waals surface area contributed by atoms with Gasteiger partial charge in [-0.2, -0.15) is 0 Å². The number of thioether (sulfide) groups is 1. The van der Waals surface area contributed by atoms with E-state index in [2.05, 4.69) is 19.2 Å². The minimum absolute atomic E-state index is 0.0499. The molecule has 2 amide bonds.